The number of nitrogens with zero attached hydrogens (tertiary/aromatic N) is 2. The van der Waals surface area contributed by atoms with Gasteiger partial charge in [0.15, 0.2) is 5.11 Å². The number of phenols is 1. The Morgan fingerprint density at radius 1 is 1.12 bits per heavy atom. The number of benzene rings is 2. The van der Waals surface area contributed by atoms with Crippen LogP contribution in [0.4, 0.5) is 10.1 Å². The monoisotopic (exact) mass is 543 g/mol. The number of hydrogen-bond donors (Lipinski definition) is 2. The first-order chi connectivity index (χ1) is 15.9. The van der Waals surface area contributed by atoms with Crippen LogP contribution in [0.15, 0.2) is 81.8 Å². The van der Waals surface area contributed by atoms with E-state index in [1.165, 1.54) is 18.2 Å². The van der Waals surface area contributed by atoms with E-state index in [0.717, 1.165) is 5.69 Å². The van der Waals surface area contributed by atoms with Gasteiger partial charge in [0, 0.05) is 21.3 Å². The summed E-state index contributed by atoms with van der Waals surface area (Å²) in [4.78, 5) is 6.28. The van der Waals surface area contributed by atoms with Crippen LogP contribution >= 0.6 is 39.7 Å². The molecule has 1 aliphatic heterocycles. The van der Waals surface area contributed by atoms with Crippen LogP contribution in [0.3, 0.4) is 0 Å². The first-order valence-electron chi connectivity index (χ1n) is 9.96. The molecule has 0 aliphatic carbocycles. The second kappa shape index (κ2) is 8.78. The lowest BCUT2D eigenvalue weighted by molar-refractivity contribution is 0.434. The van der Waals surface area contributed by atoms with Gasteiger partial charge in [-0.3, -0.25) is 4.98 Å². The molecule has 0 amide bonds. The molecule has 33 heavy (non-hydrogen) atoms. The minimum Gasteiger partial charge on any atom is -0.506 e. The number of pyridine rings is 1. The average molecular weight is 545 g/mol. The van der Waals surface area contributed by atoms with Crippen LogP contribution < -0.4 is 10.2 Å². The third kappa shape index (κ3) is 4.10. The van der Waals surface area contributed by atoms with Crippen molar-refractivity contribution in [2.45, 2.75) is 12.1 Å². The van der Waals surface area contributed by atoms with E-state index in [9.17, 15) is 9.50 Å². The van der Waals surface area contributed by atoms with Gasteiger partial charge in [-0.05, 0) is 88.8 Å². The molecule has 4 aromatic rings. The van der Waals surface area contributed by atoms with Crippen molar-refractivity contribution in [1.82, 2.24) is 10.3 Å². The molecule has 1 aliphatic rings. The molecular weight excluding hydrogens is 529 g/mol. The predicted octanol–water partition coefficient (Wildman–Crippen LogP) is 6.78. The van der Waals surface area contributed by atoms with E-state index < -0.39 is 6.04 Å². The van der Waals surface area contributed by atoms with E-state index in [4.69, 9.17) is 28.2 Å². The van der Waals surface area contributed by atoms with Gasteiger partial charge in [-0.1, -0.05) is 17.7 Å². The molecule has 0 spiro atoms. The molecule has 2 atom stereocenters. The predicted molar refractivity (Wildman–Crippen MR) is 133 cm³/mol. The van der Waals surface area contributed by atoms with Crippen LogP contribution in [0.25, 0.3) is 11.3 Å². The molecule has 166 valence electrons. The Morgan fingerprint density at radius 3 is 2.73 bits per heavy atom. The topological polar surface area (TPSA) is 61.5 Å². The molecule has 9 heteroatoms. The van der Waals surface area contributed by atoms with Crippen LogP contribution in [0, 0.1) is 5.82 Å². The zero-order chi connectivity index (χ0) is 23.1. The number of nitrogens with one attached hydrogen (secondary N) is 1. The fourth-order valence-electron chi connectivity index (χ4n) is 3.94. The van der Waals surface area contributed by atoms with Crippen LogP contribution in [-0.4, -0.2) is 15.2 Å². The number of aromatic nitrogens is 1. The van der Waals surface area contributed by atoms with Crippen molar-refractivity contribution in [3.63, 3.8) is 0 Å². The second-order valence-corrected chi connectivity index (χ2v) is 9.13. The summed E-state index contributed by atoms with van der Waals surface area (Å²) in [6, 6.07) is 17.7. The van der Waals surface area contributed by atoms with E-state index in [2.05, 4.69) is 26.2 Å². The SMILES string of the molecule is Oc1ccc(Cl)cc1N1C(=S)N[C@H](c2ccccn2)[C@H]1c1ccc(-c2ccc(F)cc2Br)o1. The molecule has 2 aromatic carbocycles. The van der Waals surface area contributed by atoms with Gasteiger partial charge >= 0.3 is 0 Å². The molecule has 0 bridgehead atoms. The lowest BCUT2D eigenvalue weighted by Crippen LogP contribution is -2.29. The fraction of sp³-hybridized carbons (Fsp3) is 0.0833. The molecule has 2 aromatic heterocycles. The van der Waals surface area contributed by atoms with Crippen molar-refractivity contribution in [2.24, 2.45) is 0 Å². The lowest BCUT2D eigenvalue weighted by atomic mass is 10.0. The lowest BCUT2D eigenvalue weighted by Gasteiger charge is -2.26. The number of halogens is 3. The third-order valence-electron chi connectivity index (χ3n) is 5.41. The highest BCUT2D eigenvalue weighted by molar-refractivity contribution is 9.10. The summed E-state index contributed by atoms with van der Waals surface area (Å²) in [6.45, 7) is 0. The molecule has 0 saturated carbocycles. The highest BCUT2D eigenvalue weighted by atomic mass is 79.9. The molecule has 0 unspecified atom stereocenters. The van der Waals surface area contributed by atoms with Gasteiger partial charge < -0.3 is 19.7 Å². The Bertz CT molecular complexity index is 1350. The Labute approximate surface area is 208 Å². The van der Waals surface area contributed by atoms with Gasteiger partial charge in [0.25, 0.3) is 0 Å². The van der Waals surface area contributed by atoms with E-state index in [0.29, 0.717) is 37.4 Å². The Kier molecular flexibility index (Phi) is 5.82. The summed E-state index contributed by atoms with van der Waals surface area (Å²) in [6.07, 6.45) is 1.71. The number of aromatic hydroxyl groups is 1. The van der Waals surface area contributed by atoms with Crippen LogP contribution in [-0.2, 0) is 0 Å². The van der Waals surface area contributed by atoms with E-state index in [1.807, 2.05) is 30.3 Å². The fourth-order valence-corrected chi connectivity index (χ4v) is 4.99. The molecule has 1 fully saturated rings. The van der Waals surface area contributed by atoms with Crippen molar-refractivity contribution >= 4 is 50.5 Å². The number of furan rings is 1. The Morgan fingerprint density at radius 2 is 1.97 bits per heavy atom. The minimum absolute atomic E-state index is 0.0308. The average Bonchev–Trinajstić information content (AvgIpc) is 3.40. The molecule has 1 saturated heterocycles. The van der Waals surface area contributed by atoms with Crippen LogP contribution in [0.1, 0.15) is 23.5 Å². The summed E-state index contributed by atoms with van der Waals surface area (Å²) < 4.78 is 20.4. The summed E-state index contributed by atoms with van der Waals surface area (Å²) in [7, 11) is 0. The highest BCUT2D eigenvalue weighted by Gasteiger charge is 2.43. The van der Waals surface area contributed by atoms with E-state index >= 15 is 0 Å². The van der Waals surface area contributed by atoms with Crippen LogP contribution in [0.5, 0.6) is 5.75 Å². The van der Waals surface area contributed by atoms with Crippen molar-refractivity contribution in [3.05, 3.63) is 99.7 Å². The largest absolute Gasteiger partial charge is 0.506 e. The highest BCUT2D eigenvalue weighted by Crippen LogP contribution is 2.46. The molecule has 3 heterocycles. The summed E-state index contributed by atoms with van der Waals surface area (Å²) in [5, 5.41) is 14.8. The molecule has 5 nitrogen and oxygen atoms in total. The maximum Gasteiger partial charge on any atom is 0.174 e. The molecule has 5 rings (SSSR count). The zero-order valence-corrected chi connectivity index (χ0v) is 20.0. The third-order valence-corrected chi connectivity index (χ3v) is 6.62. The standard InChI is InChI=1S/C24H16BrClFN3O2S/c25-16-12-14(27)5-6-15(16)20-8-9-21(32-20)23-22(17-3-1-2-10-28-17)29-24(33)30(23)18-11-13(26)4-7-19(18)31/h1-12,22-23,31H,(H,29,33)/t22-,23-/m1/s1. The molecule has 0 radical (unpaired) electrons. The smallest absolute Gasteiger partial charge is 0.174 e. The summed E-state index contributed by atoms with van der Waals surface area (Å²) in [5.41, 5.74) is 1.92. The van der Waals surface area contributed by atoms with Gasteiger partial charge in [0.1, 0.15) is 29.1 Å². The van der Waals surface area contributed by atoms with Gasteiger partial charge in [-0.25, -0.2) is 4.39 Å². The van der Waals surface area contributed by atoms with Gasteiger partial charge in [-0.2, -0.15) is 0 Å². The second-order valence-electron chi connectivity index (χ2n) is 7.46. The van der Waals surface area contributed by atoms with Crippen molar-refractivity contribution < 1.29 is 13.9 Å². The number of phenolic OH excluding ortho intramolecular Hbond substituents is 1. The molecule has 2 N–H and O–H groups in total. The number of hydrogen-bond acceptors (Lipinski definition) is 4. The zero-order valence-electron chi connectivity index (χ0n) is 16.9. The first kappa shape index (κ1) is 21.9. The normalized spacial score (nSPS) is 17.9. The minimum atomic E-state index is -0.468. The van der Waals surface area contributed by atoms with E-state index in [1.54, 1.807) is 29.3 Å². The molecular formula is C24H16BrClFN3O2S. The van der Waals surface area contributed by atoms with Crippen LogP contribution in [0.2, 0.25) is 5.02 Å². The quantitative estimate of drug-likeness (QED) is 0.276. The van der Waals surface area contributed by atoms with Crippen molar-refractivity contribution in [3.8, 4) is 17.1 Å². The number of thiocarbonyl (C=S) groups is 1. The Hall–Kier alpha value is -2.94. The maximum atomic E-state index is 13.6. The van der Waals surface area contributed by atoms with Gasteiger partial charge in [0.05, 0.1) is 17.4 Å². The van der Waals surface area contributed by atoms with Gasteiger partial charge in [0.2, 0.25) is 0 Å². The summed E-state index contributed by atoms with van der Waals surface area (Å²) in [5.74, 6) is 0.831. The first-order valence-corrected chi connectivity index (χ1v) is 11.5. The van der Waals surface area contributed by atoms with E-state index in [-0.39, 0.29) is 17.6 Å². The van der Waals surface area contributed by atoms with Gasteiger partial charge in [-0.15, -0.1) is 0 Å². The van der Waals surface area contributed by atoms with Crippen molar-refractivity contribution in [2.75, 3.05) is 4.90 Å². The number of rotatable bonds is 4. The number of anilines is 1. The maximum absolute atomic E-state index is 13.6. The Balaban J connectivity index is 1.63. The van der Waals surface area contributed by atoms with Crippen molar-refractivity contribution in [1.29, 1.82) is 0 Å². The summed E-state index contributed by atoms with van der Waals surface area (Å²) >= 11 is 15.3.